The molecule has 1 atom stereocenters. The van der Waals surface area contributed by atoms with Crippen molar-refractivity contribution < 1.29 is 19.4 Å². The number of benzene rings is 1. The fourth-order valence-corrected chi connectivity index (χ4v) is 1.18. The molecule has 1 aromatic rings. The maximum absolute atomic E-state index is 11.3. The molecule has 0 heterocycles. The normalized spacial score (nSPS) is 11.9. The molecular formula is C12H14O4. The minimum Gasteiger partial charge on any atom is -0.479 e. The van der Waals surface area contributed by atoms with Crippen molar-refractivity contribution in [3.63, 3.8) is 0 Å². The molecule has 0 unspecified atom stereocenters. The highest BCUT2D eigenvalue weighted by atomic mass is 16.5. The molecule has 0 aliphatic carbocycles. The summed E-state index contributed by atoms with van der Waals surface area (Å²) in [6.07, 6.45) is -0.445. The number of ketones is 1. The molecule has 0 amide bonds. The summed E-state index contributed by atoms with van der Waals surface area (Å²) in [6, 6.07) is 6.47. The minimum absolute atomic E-state index is 0.0535. The lowest BCUT2D eigenvalue weighted by molar-refractivity contribution is -0.144. The number of ether oxygens (including phenoxy) is 1. The molecule has 0 aliphatic heterocycles. The van der Waals surface area contributed by atoms with Gasteiger partial charge in [-0.2, -0.15) is 0 Å². The van der Waals surface area contributed by atoms with Crippen LogP contribution in [0.4, 0.5) is 0 Å². The second-order valence-corrected chi connectivity index (χ2v) is 3.40. The quantitative estimate of drug-likeness (QED) is 0.775. The monoisotopic (exact) mass is 222 g/mol. The molecular weight excluding hydrogens is 208 g/mol. The van der Waals surface area contributed by atoms with Crippen molar-refractivity contribution in [2.75, 3.05) is 0 Å². The number of carbonyl (C=O) groups is 2. The Morgan fingerprint density at radius 1 is 1.31 bits per heavy atom. The smallest absolute Gasteiger partial charge is 0.344 e. The fraction of sp³-hybridized carbons (Fsp3) is 0.333. The van der Waals surface area contributed by atoms with E-state index in [2.05, 4.69) is 0 Å². The summed E-state index contributed by atoms with van der Waals surface area (Å²) < 4.78 is 5.13. The first-order valence-electron chi connectivity index (χ1n) is 5.07. The summed E-state index contributed by atoms with van der Waals surface area (Å²) in [5.41, 5.74) is 0.609. The molecule has 0 saturated heterocycles. The topological polar surface area (TPSA) is 63.6 Å². The maximum atomic E-state index is 11.3. The Morgan fingerprint density at radius 3 is 2.31 bits per heavy atom. The van der Waals surface area contributed by atoms with E-state index in [-0.39, 0.29) is 5.78 Å². The Hall–Kier alpha value is -1.84. The van der Waals surface area contributed by atoms with Crippen molar-refractivity contribution in [2.45, 2.75) is 26.4 Å². The van der Waals surface area contributed by atoms with Gasteiger partial charge < -0.3 is 9.84 Å². The van der Waals surface area contributed by atoms with Gasteiger partial charge in [-0.1, -0.05) is 6.92 Å². The van der Waals surface area contributed by atoms with Crippen molar-refractivity contribution in [1.29, 1.82) is 0 Å². The van der Waals surface area contributed by atoms with Crippen LogP contribution in [0.25, 0.3) is 0 Å². The summed E-state index contributed by atoms with van der Waals surface area (Å²) in [6.45, 7) is 3.24. The standard InChI is InChI=1S/C12H14O4/c1-3-11(13)9-4-6-10(7-5-9)16-8(2)12(14)15/h4-8H,3H2,1-2H3,(H,14,15)/t8-/m1/s1. The minimum atomic E-state index is -1.02. The highest BCUT2D eigenvalue weighted by Gasteiger charge is 2.12. The molecule has 0 aromatic heterocycles. The number of rotatable bonds is 5. The third kappa shape index (κ3) is 3.08. The maximum Gasteiger partial charge on any atom is 0.344 e. The first-order valence-corrected chi connectivity index (χ1v) is 5.07. The number of aliphatic carboxylic acids is 1. The number of carboxylic acid groups (broad SMARTS) is 1. The van der Waals surface area contributed by atoms with Gasteiger partial charge in [-0.05, 0) is 31.2 Å². The third-order valence-corrected chi connectivity index (χ3v) is 2.16. The average molecular weight is 222 g/mol. The molecule has 0 fully saturated rings. The predicted octanol–water partition coefficient (Wildman–Crippen LogP) is 2.13. The van der Waals surface area contributed by atoms with Crippen LogP contribution in [0.2, 0.25) is 0 Å². The van der Waals surface area contributed by atoms with Crippen molar-refractivity contribution in [3.8, 4) is 5.75 Å². The number of carbonyl (C=O) groups excluding carboxylic acids is 1. The van der Waals surface area contributed by atoms with E-state index in [9.17, 15) is 9.59 Å². The number of hydrogen-bond acceptors (Lipinski definition) is 3. The molecule has 1 rings (SSSR count). The molecule has 4 heteroatoms. The van der Waals surface area contributed by atoms with E-state index in [4.69, 9.17) is 9.84 Å². The van der Waals surface area contributed by atoms with Crippen LogP contribution in [-0.4, -0.2) is 23.0 Å². The molecule has 1 N–H and O–H groups in total. The molecule has 0 saturated carbocycles. The van der Waals surface area contributed by atoms with E-state index in [0.717, 1.165) is 0 Å². The molecule has 86 valence electrons. The number of Topliss-reactive ketones (excluding diaryl/α,β-unsaturated/α-hetero) is 1. The zero-order chi connectivity index (χ0) is 12.1. The van der Waals surface area contributed by atoms with Crippen LogP contribution in [0.15, 0.2) is 24.3 Å². The van der Waals surface area contributed by atoms with Gasteiger partial charge in [-0.15, -0.1) is 0 Å². The zero-order valence-corrected chi connectivity index (χ0v) is 9.27. The Labute approximate surface area is 93.9 Å². The summed E-state index contributed by atoms with van der Waals surface area (Å²) in [5, 5.41) is 8.65. The molecule has 0 spiro atoms. The highest BCUT2D eigenvalue weighted by Crippen LogP contribution is 2.14. The van der Waals surface area contributed by atoms with E-state index < -0.39 is 12.1 Å². The Kier molecular flexibility index (Phi) is 4.05. The molecule has 4 nitrogen and oxygen atoms in total. The molecule has 0 radical (unpaired) electrons. The van der Waals surface area contributed by atoms with Crippen LogP contribution < -0.4 is 4.74 Å². The summed E-state index contributed by atoms with van der Waals surface area (Å²) in [5.74, 6) is -0.519. The van der Waals surface area contributed by atoms with Gasteiger partial charge in [0.25, 0.3) is 0 Å². The third-order valence-electron chi connectivity index (χ3n) is 2.16. The molecule has 0 aliphatic rings. The van der Waals surface area contributed by atoms with Crippen molar-refractivity contribution in [3.05, 3.63) is 29.8 Å². The van der Waals surface area contributed by atoms with E-state index in [1.54, 1.807) is 31.2 Å². The Bertz CT molecular complexity index is 381. The van der Waals surface area contributed by atoms with Gasteiger partial charge in [-0.3, -0.25) is 4.79 Å². The van der Waals surface area contributed by atoms with Crippen LogP contribution in [0.5, 0.6) is 5.75 Å². The number of carboxylic acids is 1. The molecule has 0 bridgehead atoms. The van der Waals surface area contributed by atoms with Gasteiger partial charge in [0.1, 0.15) is 5.75 Å². The average Bonchev–Trinajstić information content (AvgIpc) is 2.28. The van der Waals surface area contributed by atoms with Crippen molar-refractivity contribution in [2.24, 2.45) is 0 Å². The van der Waals surface area contributed by atoms with Crippen molar-refractivity contribution >= 4 is 11.8 Å². The first-order chi connectivity index (χ1) is 7.54. The summed E-state index contributed by atoms with van der Waals surface area (Å²) >= 11 is 0. The van der Waals surface area contributed by atoms with E-state index >= 15 is 0 Å². The second-order valence-electron chi connectivity index (χ2n) is 3.40. The van der Waals surface area contributed by atoms with Crippen LogP contribution in [0.3, 0.4) is 0 Å². The summed E-state index contributed by atoms with van der Waals surface area (Å²) in [4.78, 5) is 21.9. The van der Waals surface area contributed by atoms with Gasteiger partial charge in [0.05, 0.1) is 0 Å². The van der Waals surface area contributed by atoms with Crippen LogP contribution in [-0.2, 0) is 4.79 Å². The van der Waals surface area contributed by atoms with E-state index in [1.165, 1.54) is 6.92 Å². The SMILES string of the molecule is CCC(=O)c1ccc(O[C@H](C)C(=O)O)cc1. The fourth-order valence-electron chi connectivity index (χ4n) is 1.18. The van der Waals surface area contributed by atoms with Gasteiger partial charge in [-0.25, -0.2) is 4.79 Å². The largest absolute Gasteiger partial charge is 0.479 e. The molecule has 16 heavy (non-hydrogen) atoms. The van der Waals surface area contributed by atoms with Crippen molar-refractivity contribution in [1.82, 2.24) is 0 Å². The van der Waals surface area contributed by atoms with Crippen LogP contribution in [0, 0.1) is 0 Å². The van der Waals surface area contributed by atoms with Gasteiger partial charge in [0.2, 0.25) is 0 Å². The molecule has 1 aromatic carbocycles. The highest BCUT2D eigenvalue weighted by molar-refractivity contribution is 5.95. The van der Waals surface area contributed by atoms with Crippen LogP contribution in [0.1, 0.15) is 30.6 Å². The van der Waals surface area contributed by atoms with Gasteiger partial charge >= 0.3 is 5.97 Å². The van der Waals surface area contributed by atoms with E-state index in [1.807, 2.05) is 0 Å². The predicted molar refractivity (Wildman–Crippen MR) is 58.8 cm³/mol. The van der Waals surface area contributed by atoms with Crippen LogP contribution >= 0.6 is 0 Å². The number of hydrogen-bond donors (Lipinski definition) is 1. The van der Waals surface area contributed by atoms with Gasteiger partial charge in [0, 0.05) is 12.0 Å². The first kappa shape index (κ1) is 12.2. The summed E-state index contributed by atoms with van der Waals surface area (Å²) in [7, 11) is 0. The van der Waals surface area contributed by atoms with Gasteiger partial charge in [0.15, 0.2) is 11.9 Å². The van der Waals surface area contributed by atoms with E-state index in [0.29, 0.717) is 17.7 Å². The Morgan fingerprint density at radius 2 is 1.88 bits per heavy atom. The lowest BCUT2D eigenvalue weighted by Gasteiger charge is -2.10. The second kappa shape index (κ2) is 5.30. The lowest BCUT2D eigenvalue weighted by atomic mass is 10.1. The zero-order valence-electron chi connectivity index (χ0n) is 9.27. The lowest BCUT2D eigenvalue weighted by Crippen LogP contribution is -2.22. The Balaban J connectivity index is 2.72.